The Kier molecular flexibility index (Phi) is 4.73. The van der Waals surface area contributed by atoms with Gasteiger partial charge in [0.2, 0.25) is 5.91 Å². The molecule has 0 aromatic rings. The van der Waals surface area contributed by atoms with Crippen LogP contribution in [0.25, 0.3) is 0 Å². The van der Waals surface area contributed by atoms with Gasteiger partial charge in [0, 0.05) is 19.0 Å². The van der Waals surface area contributed by atoms with Gasteiger partial charge in [-0.1, -0.05) is 20.8 Å². The third-order valence-corrected chi connectivity index (χ3v) is 5.22. The first-order valence-electron chi connectivity index (χ1n) is 8.10. The summed E-state index contributed by atoms with van der Waals surface area (Å²) in [4.78, 5) is 14.5. The van der Waals surface area contributed by atoms with Crippen molar-refractivity contribution >= 4 is 5.91 Å². The molecule has 0 bridgehead atoms. The standard InChI is InChI=1S/C17H28N2O/c1-17(2,3)15-8-6-14(7-9-15)16(20)19-10-4-5-13(11-18)12-19/h13-15H,4-10,12H2,1-3H3. The van der Waals surface area contributed by atoms with Crippen LogP contribution in [-0.4, -0.2) is 23.9 Å². The first kappa shape index (κ1) is 15.4. The SMILES string of the molecule is CC(C)(C)C1CCC(C(=O)N2CCCC(C#N)C2)CC1. The second-order valence-electron chi connectivity index (χ2n) is 7.67. The minimum absolute atomic E-state index is 0.0543. The van der Waals surface area contributed by atoms with Gasteiger partial charge >= 0.3 is 0 Å². The third-order valence-electron chi connectivity index (χ3n) is 5.22. The van der Waals surface area contributed by atoms with Crippen LogP contribution in [0.4, 0.5) is 0 Å². The maximum absolute atomic E-state index is 12.6. The second kappa shape index (κ2) is 6.16. The molecule has 0 radical (unpaired) electrons. The molecule has 1 aliphatic heterocycles. The zero-order chi connectivity index (χ0) is 14.8. The van der Waals surface area contributed by atoms with Crippen molar-refractivity contribution in [2.75, 3.05) is 13.1 Å². The number of rotatable bonds is 1. The predicted octanol–water partition coefficient (Wildman–Crippen LogP) is 3.60. The van der Waals surface area contributed by atoms with Gasteiger partial charge in [-0.3, -0.25) is 4.79 Å². The highest BCUT2D eigenvalue weighted by atomic mass is 16.2. The predicted molar refractivity (Wildman–Crippen MR) is 79.8 cm³/mol. The molecule has 0 aromatic carbocycles. The molecular formula is C17H28N2O. The smallest absolute Gasteiger partial charge is 0.225 e. The lowest BCUT2D eigenvalue weighted by atomic mass is 9.69. The number of carbonyl (C=O) groups is 1. The number of amides is 1. The summed E-state index contributed by atoms with van der Waals surface area (Å²) in [7, 11) is 0. The summed E-state index contributed by atoms with van der Waals surface area (Å²) in [5, 5.41) is 9.04. The van der Waals surface area contributed by atoms with Crippen LogP contribution in [0.1, 0.15) is 59.3 Å². The highest BCUT2D eigenvalue weighted by molar-refractivity contribution is 5.79. The van der Waals surface area contributed by atoms with Crippen LogP contribution < -0.4 is 0 Å². The van der Waals surface area contributed by atoms with Gasteiger partial charge in [-0.15, -0.1) is 0 Å². The number of nitrogens with zero attached hydrogens (tertiary/aromatic N) is 2. The molecule has 20 heavy (non-hydrogen) atoms. The molecule has 0 spiro atoms. The summed E-state index contributed by atoms with van der Waals surface area (Å²) in [6, 6.07) is 2.32. The van der Waals surface area contributed by atoms with Crippen molar-refractivity contribution in [3.63, 3.8) is 0 Å². The van der Waals surface area contributed by atoms with Crippen molar-refractivity contribution in [1.29, 1.82) is 5.26 Å². The Morgan fingerprint density at radius 1 is 1.15 bits per heavy atom. The fourth-order valence-corrected chi connectivity index (χ4v) is 3.75. The van der Waals surface area contributed by atoms with E-state index in [-0.39, 0.29) is 11.8 Å². The molecule has 0 N–H and O–H groups in total. The molecule has 1 unspecified atom stereocenters. The fourth-order valence-electron chi connectivity index (χ4n) is 3.75. The van der Waals surface area contributed by atoms with Crippen molar-refractivity contribution in [2.45, 2.75) is 59.3 Å². The normalized spacial score (nSPS) is 31.7. The zero-order valence-corrected chi connectivity index (χ0v) is 13.2. The van der Waals surface area contributed by atoms with E-state index in [0.717, 1.165) is 38.1 Å². The van der Waals surface area contributed by atoms with Crippen LogP contribution in [0.5, 0.6) is 0 Å². The molecule has 2 aliphatic rings. The molecule has 1 atom stereocenters. The molecule has 2 fully saturated rings. The van der Waals surface area contributed by atoms with E-state index < -0.39 is 0 Å². The van der Waals surface area contributed by atoms with Crippen LogP contribution in [0.3, 0.4) is 0 Å². The summed E-state index contributed by atoms with van der Waals surface area (Å²) < 4.78 is 0. The van der Waals surface area contributed by atoms with E-state index in [4.69, 9.17) is 5.26 Å². The summed E-state index contributed by atoms with van der Waals surface area (Å²) >= 11 is 0. The second-order valence-corrected chi connectivity index (χ2v) is 7.67. The van der Waals surface area contributed by atoms with Gasteiger partial charge in [0.15, 0.2) is 0 Å². The Morgan fingerprint density at radius 3 is 2.35 bits per heavy atom. The van der Waals surface area contributed by atoms with E-state index >= 15 is 0 Å². The van der Waals surface area contributed by atoms with Gasteiger partial charge < -0.3 is 4.90 Å². The van der Waals surface area contributed by atoms with E-state index in [1.54, 1.807) is 0 Å². The first-order chi connectivity index (χ1) is 9.41. The number of nitriles is 1. The molecule has 1 saturated heterocycles. The summed E-state index contributed by atoms with van der Waals surface area (Å²) in [5.74, 6) is 1.33. The van der Waals surface area contributed by atoms with E-state index in [9.17, 15) is 4.79 Å². The molecular weight excluding hydrogens is 248 g/mol. The molecule has 1 amide bonds. The van der Waals surface area contributed by atoms with Gasteiger partial charge in [-0.05, 0) is 49.9 Å². The maximum Gasteiger partial charge on any atom is 0.225 e. The Hall–Kier alpha value is -1.04. The number of hydrogen-bond acceptors (Lipinski definition) is 2. The van der Waals surface area contributed by atoms with Crippen molar-refractivity contribution in [3.05, 3.63) is 0 Å². The minimum Gasteiger partial charge on any atom is -0.341 e. The lowest BCUT2D eigenvalue weighted by molar-refractivity contribution is -0.138. The molecule has 112 valence electrons. The molecule has 1 saturated carbocycles. The van der Waals surface area contributed by atoms with E-state index in [1.807, 2.05) is 4.90 Å². The Morgan fingerprint density at radius 2 is 1.80 bits per heavy atom. The largest absolute Gasteiger partial charge is 0.341 e. The van der Waals surface area contributed by atoms with E-state index in [0.29, 0.717) is 17.9 Å². The number of likely N-dealkylation sites (tertiary alicyclic amines) is 1. The van der Waals surface area contributed by atoms with Crippen LogP contribution in [-0.2, 0) is 4.79 Å². The average molecular weight is 276 g/mol. The van der Waals surface area contributed by atoms with Crippen LogP contribution in [0.2, 0.25) is 0 Å². The van der Waals surface area contributed by atoms with Gasteiger partial charge in [-0.25, -0.2) is 0 Å². The number of hydrogen-bond donors (Lipinski definition) is 0. The Bertz CT molecular complexity index is 383. The molecule has 0 aromatic heterocycles. The molecule has 1 aliphatic carbocycles. The highest BCUT2D eigenvalue weighted by Crippen LogP contribution is 2.40. The monoisotopic (exact) mass is 276 g/mol. The van der Waals surface area contributed by atoms with Crippen LogP contribution >= 0.6 is 0 Å². The third kappa shape index (κ3) is 3.53. The van der Waals surface area contributed by atoms with Crippen molar-refractivity contribution in [2.24, 2.45) is 23.2 Å². The van der Waals surface area contributed by atoms with Gasteiger partial charge in [-0.2, -0.15) is 5.26 Å². The highest BCUT2D eigenvalue weighted by Gasteiger charge is 2.35. The lowest BCUT2D eigenvalue weighted by Crippen LogP contribution is -2.44. The van der Waals surface area contributed by atoms with Gasteiger partial charge in [0.1, 0.15) is 0 Å². The zero-order valence-electron chi connectivity index (χ0n) is 13.2. The topological polar surface area (TPSA) is 44.1 Å². The van der Waals surface area contributed by atoms with Crippen molar-refractivity contribution < 1.29 is 4.79 Å². The van der Waals surface area contributed by atoms with Crippen molar-refractivity contribution in [1.82, 2.24) is 4.90 Å². The molecule has 2 rings (SSSR count). The summed E-state index contributed by atoms with van der Waals surface area (Å²) in [5.41, 5.74) is 0.366. The first-order valence-corrected chi connectivity index (χ1v) is 8.10. The van der Waals surface area contributed by atoms with Crippen LogP contribution in [0, 0.1) is 34.5 Å². The van der Waals surface area contributed by atoms with E-state index in [2.05, 4.69) is 26.8 Å². The van der Waals surface area contributed by atoms with Crippen LogP contribution in [0.15, 0.2) is 0 Å². The molecule has 3 heteroatoms. The van der Waals surface area contributed by atoms with E-state index in [1.165, 1.54) is 12.8 Å². The quantitative estimate of drug-likeness (QED) is 0.734. The van der Waals surface area contributed by atoms with Crippen molar-refractivity contribution in [3.8, 4) is 6.07 Å². The molecule has 1 heterocycles. The average Bonchev–Trinajstić information content (AvgIpc) is 2.46. The lowest BCUT2D eigenvalue weighted by Gasteiger charge is -2.39. The van der Waals surface area contributed by atoms with Gasteiger partial charge in [0.25, 0.3) is 0 Å². The molecule has 3 nitrogen and oxygen atoms in total. The number of piperidine rings is 1. The fraction of sp³-hybridized carbons (Fsp3) is 0.882. The summed E-state index contributed by atoms with van der Waals surface area (Å²) in [6.45, 7) is 8.44. The number of carbonyl (C=O) groups excluding carboxylic acids is 1. The minimum atomic E-state index is 0.0543. The Labute approximate surface area is 123 Å². The van der Waals surface area contributed by atoms with Gasteiger partial charge in [0.05, 0.1) is 12.0 Å². The Balaban J connectivity index is 1.87. The maximum atomic E-state index is 12.6. The summed E-state index contributed by atoms with van der Waals surface area (Å²) in [6.07, 6.45) is 6.37.